The third-order valence-corrected chi connectivity index (χ3v) is 2.61. The first-order chi connectivity index (χ1) is 8.70. The van der Waals surface area contributed by atoms with Crippen molar-refractivity contribution in [1.82, 2.24) is 10.3 Å². The van der Waals surface area contributed by atoms with Crippen LogP contribution in [0.5, 0.6) is 0 Å². The normalized spacial score (nSPS) is 12.8. The van der Waals surface area contributed by atoms with Gasteiger partial charge in [-0.15, -0.1) is 0 Å². The predicted molar refractivity (Wildman–Crippen MR) is 71.4 cm³/mol. The number of amides is 1. The van der Waals surface area contributed by atoms with Gasteiger partial charge in [-0.2, -0.15) is 0 Å². The summed E-state index contributed by atoms with van der Waals surface area (Å²) in [5, 5.41) is 11.6. The zero-order valence-corrected chi connectivity index (χ0v) is 11.3. The van der Waals surface area contributed by atoms with E-state index in [1.807, 2.05) is 0 Å². The van der Waals surface area contributed by atoms with Gasteiger partial charge in [-0.25, -0.2) is 4.79 Å². The van der Waals surface area contributed by atoms with Crippen LogP contribution in [-0.2, 0) is 16.0 Å². The molecule has 0 saturated carbocycles. The number of hydrogen-bond donors (Lipinski definition) is 3. The Bertz CT molecular complexity index is 463. The average Bonchev–Trinajstić information content (AvgIpc) is 2.27. The molecule has 0 aliphatic rings. The molecule has 1 aromatic rings. The number of carboxylic acids is 1. The van der Waals surface area contributed by atoms with Crippen LogP contribution in [0, 0.1) is 5.41 Å². The molecule has 104 valence electrons. The number of anilines is 1. The van der Waals surface area contributed by atoms with Gasteiger partial charge in [0.05, 0.1) is 18.3 Å². The molecule has 0 aliphatic carbocycles. The number of nitrogens with one attached hydrogen (secondary N) is 1. The summed E-state index contributed by atoms with van der Waals surface area (Å²) in [6, 6.07) is 2.35. The molecule has 0 unspecified atom stereocenters. The Morgan fingerprint density at radius 2 is 2.05 bits per heavy atom. The van der Waals surface area contributed by atoms with E-state index in [-0.39, 0.29) is 12.3 Å². The van der Waals surface area contributed by atoms with E-state index in [4.69, 9.17) is 10.8 Å². The molecule has 0 aromatic carbocycles. The number of aromatic nitrogens is 1. The first-order valence-electron chi connectivity index (χ1n) is 5.92. The summed E-state index contributed by atoms with van der Waals surface area (Å²) in [6.07, 6.45) is 1.49. The maximum Gasteiger partial charge on any atom is 0.326 e. The fraction of sp³-hybridized carbons (Fsp3) is 0.462. The van der Waals surface area contributed by atoms with Gasteiger partial charge in [0.25, 0.3) is 0 Å². The van der Waals surface area contributed by atoms with Gasteiger partial charge in [-0.3, -0.25) is 9.78 Å². The summed E-state index contributed by atoms with van der Waals surface area (Å²) in [6.45, 7) is 5.27. The van der Waals surface area contributed by atoms with Crippen LogP contribution in [0.25, 0.3) is 0 Å². The number of nitrogens with two attached hydrogens (primary N) is 1. The van der Waals surface area contributed by atoms with Gasteiger partial charge in [0.2, 0.25) is 5.91 Å². The van der Waals surface area contributed by atoms with Crippen LogP contribution in [-0.4, -0.2) is 28.0 Å². The van der Waals surface area contributed by atoms with Crippen molar-refractivity contribution in [1.29, 1.82) is 0 Å². The minimum absolute atomic E-state index is 0.0279. The molecular weight excluding hydrogens is 246 g/mol. The van der Waals surface area contributed by atoms with E-state index in [2.05, 4.69) is 10.3 Å². The van der Waals surface area contributed by atoms with Crippen LogP contribution in [0.3, 0.4) is 0 Å². The molecule has 0 saturated heterocycles. The first-order valence-corrected chi connectivity index (χ1v) is 5.92. The summed E-state index contributed by atoms with van der Waals surface area (Å²) >= 11 is 0. The number of carbonyl (C=O) groups excluding carboxylic acids is 1. The summed E-state index contributed by atoms with van der Waals surface area (Å²) < 4.78 is 0. The SMILES string of the molecule is CC(C)(C)[C@@H](NC(=O)Cc1ccc(N)cn1)C(=O)O. The highest BCUT2D eigenvalue weighted by molar-refractivity contribution is 5.85. The highest BCUT2D eigenvalue weighted by atomic mass is 16.4. The molecule has 1 amide bonds. The maximum atomic E-state index is 11.8. The minimum Gasteiger partial charge on any atom is -0.480 e. The molecule has 4 N–H and O–H groups in total. The third-order valence-electron chi connectivity index (χ3n) is 2.61. The van der Waals surface area contributed by atoms with E-state index in [1.54, 1.807) is 32.9 Å². The van der Waals surface area contributed by atoms with Gasteiger partial charge in [0.15, 0.2) is 0 Å². The molecule has 6 heteroatoms. The second-order valence-electron chi connectivity index (χ2n) is 5.46. The minimum atomic E-state index is -1.05. The van der Waals surface area contributed by atoms with Crippen LogP contribution < -0.4 is 11.1 Å². The van der Waals surface area contributed by atoms with Crippen molar-refractivity contribution < 1.29 is 14.7 Å². The van der Waals surface area contributed by atoms with Gasteiger partial charge < -0.3 is 16.2 Å². The lowest BCUT2D eigenvalue weighted by Gasteiger charge is -2.27. The molecule has 0 fully saturated rings. The van der Waals surface area contributed by atoms with Gasteiger partial charge in [-0.05, 0) is 17.5 Å². The second kappa shape index (κ2) is 5.69. The first kappa shape index (κ1) is 14.9. The van der Waals surface area contributed by atoms with Crippen LogP contribution in [0.2, 0.25) is 0 Å². The lowest BCUT2D eigenvalue weighted by atomic mass is 9.86. The van der Waals surface area contributed by atoms with Crippen molar-refractivity contribution >= 4 is 17.6 Å². The highest BCUT2D eigenvalue weighted by Gasteiger charge is 2.32. The monoisotopic (exact) mass is 265 g/mol. The molecular formula is C13H19N3O3. The number of pyridine rings is 1. The Balaban J connectivity index is 2.68. The Kier molecular flexibility index (Phi) is 4.47. The molecule has 1 rings (SSSR count). The van der Waals surface area contributed by atoms with Gasteiger partial charge in [-0.1, -0.05) is 20.8 Å². The Hall–Kier alpha value is -2.11. The van der Waals surface area contributed by atoms with Crippen LogP contribution >= 0.6 is 0 Å². The fourth-order valence-corrected chi connectivity index (χ4v) is 1.57. The quantitative estimate of drug-likeness (QED) is 0.747. The van der Waals surface area contributed by atoms with Crippen molar-refractivity contribution in [2.75, 3.05) is 5.73 Å². The Labute approximate surface area is 112 Å². The topological polar surface area (TPSA) is 105 Å². The summed E-state index contributed by atoms with van der Waals surface area (Å²) in [7, 11) is 0. The highest BCUT2D eigenvalue weighted by Crippen LogP contribution is 2.19. The summed E-state index contributed by atoms with van der Waals surface area (Å²) in [4.78, 5) is 26.9. The molecule has 1 heterocycles. The number of aliphatic carboxylic acids is 1. The summed E-state index contributed by atoms with van der Waals surface area (Å²) in [5.41, 5.74) is 6.00. The standard InChI is InChI=1S/C13H19N3O3/c1-13(2,3)11(12(18)19)16-10(17)6-9-5-4-8(14)7-15-9/h4-5,7,11H,6,14H2,1-3H3,(H,16,17)(H,18,19)/t11-/m0/s1. The number of rotatable bonds is 4. The van der Waals surface area contributed by atoms with E-state index in [0.29, 0.717) is 11.4 Å². The average molecular weight is 265 g/mol. The van der Waals surface area contributed by atoms with Crippen molar-refractivity contribution in [3.05, 3.63) is 24.0 Å². The van der Waals surface area contributed by atoms with E-state index in [1.165, 1.54) is 6.20 Å². The molecule has 0 bridgehead atoms. The van der Waals surface area contributed by atoms with Crippen LogP contribution in [0.4, 0.5) is 5.69 Å². The molecule has 1 atom stereocenters. The molecule has 0 spiro atoms. The van der Waals surface area contributed by atoms with Crippen molar-refractivity contribution in [2.45, 2.75) is 33.2 Å². The Morgan fingerprint density at radius 3 is 2.47 bits per heavy atom. The molecule has 6 nitrogen and oxygen atoms in total. The number of hydrogen-bond acceptors (Lipinski definition) is 4. The van der Waals surface area contributed by atoms with E-state index in [9.17, 15) is 9.59 Å². The van der Waals surface area contributed by atoms with Gasteiger partial charge in [0.1, 0.15) is 6.04 Å². The smallest absolute Gasteiger partial charge is 0.326 e. The fourth-order valence-electron chi connectivity index (χ4n) is 1.57. The van der Waals surface area contributed by atoms with Crippen molar-refractivity contribution in [2.24, 2.45) is 5.41 Å². The van der Waals surface area contributed by atoms with Crippen molar-refractivity contribution in [3.63, 3.8) is 0 Å². The van der Waals surface area contributed by atoms with E-state index < -0.39 is 17.4 Å². The number of nitrogen functional groups attached to an aromatic ring is 1. The summed E-state index contributed by atoms with van der Waals surface area (Å²) in [5.74, 6) is -1.43. The maximum absolute atomic E-state index is 11.8. The van der Waals surface area contributed by atoms with E-state index >= 15 is 0 Å². The van der Waals surface area contributed by atoms with Gasteiger partial charge in [0, 0.05) is 5.69 Å². The second-order valence-corrected chi connectivity index (χ2v) is 5.46. The number of carboxylic acid groups (broad SMARTS) is 1. The molecule has 19 heavy (non-hydrogen) atoms. The van der Waals surface area contributed by atoms with E-state index in [0.717, 1.165) is 0 Å². The molecule has 0 radical (unpaired) electrons. The predicted octanol–water partition coefficient (Wildman–Crippen LogP) is 0.822. The lowest BCUT2D eigenvalue weighted by Crippen LogP contribution is -2.49. The lowest BCUT2D eigenvalue weighted by molar-refractivity contribution is -0.144. The Morgan fingerprint density at radius 1 is 1.42 bits per heavy atom. The largest absolute Gasteiger partial charge is 0.480 e. The number of nitrogens with zero attached hydrogens (tertiary/aromatic N) is 1. The zero-order chi connectivity index (χ0) is 14.6. The van der Waals surface area contributed by atoms with Crippen LogP contribution in [0.1, 0.15) is 26.5 Å². The number of carbonyl (C=O) groups is 2. The molecule has 0 aliphatic heterocycles. The van der Waals surface area contributed by atoms with Crippen LogP contribution in [0.15, 0.2) is 18.3 Å². The zero-order valence-electron chi connectivity index (χ0n) is 11.3. The van der Waals surface area contributed by atoms with Gasteiger partial charge >= 0.3 is 5.97 Å². The molecule has 1 aromatic heterocycles. The van der Waals surface area contributed by atoms with Crippen molar-refractivity contribution in [3.8, 4) is 0 Å². The third kappa shape index (κ3) is 4.57.